The maximum absolute atomic E-state index is 5.86. The Morgan fingerprint density at radius 1 is 1.13 bits per heavy atom. The van der Waals surface area contributed by atoms with E-state index in [1.807, 2.05) is 42.2 Å². The molecule has 0 N–H and O–H groups in total. The van der Waals surface area contributed by atoms with Gasteiger partial charge >= 0.3 is 0 Å². The quantitative estimate of drug-likeness (QED) is 0.562. The third-order valence-corrected chi connectivity index (χ3v) is 6.10. The van der Waals surface area contributed by atoms with E-state index in [9.17, 15) is 0 Å². The number of benzene rings is 1. The van der Waals surface area contributed by atoms with Gasteiger partial charge in [0, 0.05) is 21.9 Å². The predicted molar refractivity (Wildman–Crippen MR) is 100 cm³/mol. The van der Waals surface area contributed by atoms with Gasteiger partial charge in [-0.1, -0.05) is 17.7 Å². The number of thioether (sulfide) groups is 1. The van der Waals surface area contributed by atoms with Gasteiger partial charge in [-0.25, -0.2) is 4.98 Å². The monoisotopic (exact) mass is 343 g/mol. The van der Waals surface area contributed by atoms with Gasteiger partial charge in [-0.15, -0.1) is 11.3 Å². The molecule has 4 heteroatoms. The standard InChI is InChI=1S/C19H21NOS2/c1-12-6-5-7-16(8-12)19-20-18(14(3)21-19)11-22-9-17-10-23-15(4)13(17)2/h5-8,10H,9,11H2,1-4H3. The molecule has 3 rings (SSSR count). The van der Waals surface area contributed by atoms with E-state index >= 15 is 0 Å². The van der Waals surface area contributed by atoms with Crippen molar-refractivity contribution in [3.05, 3.63) is 62.7 Å². The van der Waals surface area contributed by atoms with E-state index in [0.717, 1.165) is 34.4 Å². The third kappa shape index (κ3) is 3.70. The summed E-state index contributed by atoms with van der Waals surface area (Å²) in [5.41, 5.74) is 6.19. The Balaban J connectivity index is 1.68. The van der Waals surface area contributed by atoms with Gasteiger partial charge in [0.1, 0.15) is 5.76 Å². The lowest BCUT2D eigenvalue weighted by Gasteiger charge is -2.00. The van der Waals surface area contributed by atoms with Crippen LogP contribution in [0.2, 0.25) is 0 Å². The topological polar surface area (TPSA) is 26.0 Å². The zero-order valence-electron chi connectivity index (χ0n) is 14.0. The highest BCUT2D eigenvalue weighted by Crippen LogP contribution is 2.28. The van der Waals surface area contributed by atoms with Crippen molar-refractivity contribution in [1.29, 1.82) is 0 Å². The summed E-state index contributed by atoms with van der Waals surface area (Å²) >= 11 is 3.73. The normalized spacial score (nSPS) is 11.1. The van der Waals surface area contributed by atoms with Crippen LogP contribution in [0.1, 0.15) is 33.0 Å². The molecule has 0 aliphatic heterocycles. The van der Waals surface area contributed by atoms with Gasteiger partial charge in [0.2, 0.25) is 5.89 Å². The van der Waals surface area contributed by atoms with Crippen LogP contribution in [0, 0.1) is 27.7 Å². The summed E-state index contributed by atoms with van der Waals surface area (Å²) in [7, 11) is 0. The maximum atomic E-state index is 5.86. The van der Waals surface area contributed by atoms with Crippen LogP contribution in [0.25, 0.3) is 11.5 Å². The van der Waals surface area contributed by atoms with Gasteiger partial charge in [0.25, 0.3) is 0 Å². The fourth-order valence-electron chi connectivity index (χ4n) is 2.43. The molecule has 3 aromatic rings. The van der Waals surface area contributed by atoms with Crippen molar-refractivity contribution in [3.63, 3.8) is 0 Å². The molecule has 2 nitrogen and oxygen atoms in total. The van der Waals surface area contributed by atoms with Gasteiger partial charge in [-0.05, 0) is 56.3 Å². The Kier molecular flexibility index (Phi) is 4.93. The zero-order chi connectivity index (χ0) is 16.4. The minimum Gasteiger partial charge on any atom is -0.441 e. The predicted octanol–water partition coefficient (Wildman–Crippen LogP) is 6.07. The van der Waals surface area contributed by atoms with Gasteiger partial charge in [0.15, 0.2) is 0 Å². The number of oxazole rings is 1. The average Bonchev–Trinajstić information content (AvgIpc) is 3.05. The van der Waals surface area contributed by atoms with Crippen molar-refractivity contribution < 1.29 is 4.42 Å². The van der Waals surface area contributed by atoms with Gasteiger partial charge in [-0.3, -0.25) is 0 Å². The third-order valence-electron chi connectivity index (χ3n) is 4.04. The summed E-state index contributed by atoms with van der Waals surface area (Å²) in [6, 6.07) is 8.29. The van der Waals surface area contributed by atoms with Crippen LogP contribution < -0.4 is 0 Å². The first-order valence-electron chi connectivity index (χ1n) is 7.69. The summed E-state index contributed by atoms with van der Waals surface area (Å²) in [6.07, 6.45) is 0. The zero-order valence-corrected chi connectivity index (χ0v) is 15.6. The highest BCUT2D eigenvalue weighted by Gasteiger charge is 2.12. The van der Waals surface area contributed by atoms with Crippen LogP contribution >= 0.6 is 23.1 Å². The Morgan fingerprint density at radius 3 is 2.65 bits per heavy atom. The molecule has 0 spiro atoms. The van der Waals surface area contributed by atoms with Crippen molar-refractivity contribution >= 4 is 23.1 Å². The minimum atomic E-state index is 0.726. The molecule has 0 aliphatic rings. The van der Waals surface area contributed by atoms with Crippen molar-refractivity contribution in [2.45, 2.75) is 39.2 Å². The number of rotatable bonds is 5. The smallest absolute Gasteiger partial charge is 0.226 e. The second-order valence-electron chi connectivity index (χ2n) is 5.83. The maximum Gasteiger partial charge on any atom is 0.226 e. The van der Waals surface area contributed by atoms with Crippen LogP contribution in [-0.4, -0.2) is 4.98 Å². The summed E-state index contributed by atoms with van der Waals surface area (Å²) in [5.74, 6) is 3.56. The molecule has 120 valence electrons. The molecule has 1 aromatic carbocycles. The van der Waals surface area contributed by atoms with E-state index < -0.39 is 0 Å². The number of aromatic nitrogens is 1. The molecule has 0 saturated carbocycles. The second-order valence-corrected chi connectivity index (χ2v) is 7.90. The lowest BCUT2D eigenvalue weighted by molar-refractivity contribution is 0.540. The van der Waals surface area contributed by atoms with E-state index in [4.69, 9.17) is 9.40 Å². The molecule has 0 amide bonds. The summed E-state index contributed by atoms with van der Waals surface area (Å²) in [5, 5.41) is 2.27. The van der Waals surface area contributed by atoms with Gasteiger partial charge < -0.3 is 4.42 Å². The molecule has 2 aromatic heterocycles. The number of thiophene rings is 1. The van der Waals surface area contributed by atoms with Crippen LogP contribution in [-0.2, 0) is 11.5 Å². The SMILES string of the molecule is Cc1cccc(-c2nc(CSCc3csc(C)c3C)c(C)o2)c1. The van der Waals surface area contributed by atoms with E-state index in [0.29, 0.717) is 0 Å². The molecule has 0 unspecified atom stereocenters. The Labute approximate surface area is 146 Å². The van der Waals surface area contributed by atoms with Crippen LogP contribution in [0.3, 0.4) is 0 Å². The Hall–Kier alpha value is -1.52. The number of nitrogens with zero attached hydrogens (tertiary/aromatic N) is 1. The van der Waals surface area contributed by atoms with Crippen molar-refractivity contribution in [1.82, 2.24) is 4.98 Å². The molecule has 0 aliphatic carbocycles. The highest BCUT2D eigenvalue weighted by atomic mass is 32.2. The Bertz CT molecular complexity index is 817. The first-order chi connectivity index (χ1) is 11.0. The second kappa shape index (κ2) is 6.93. The fourth-order valence-corrected chi connectivity index (χ4v) is 4.50. The van der Waals surface area contributed by atoms with E-state index in [1.54, 1.807) is 0 Å². The summed E-state index contributed by atoms with van der Waals surface area (Å²) in [6.45, 7) is 8.48. The van der Waals surface area contributed by atoms with Crippen LogP contribution in [0.15, 0.2) is 34.1 Å². The lowest BCUT2D eigenvalue weighted by atomic mass is 10.1. The van der Waals surface area contributed by atoms with Crippen LogP contribution in [0.5, 0.6) is 0 Å². The van der Waals surface area contributed by atoms with Gasteiger partial charge in [0.05, 0.1) is 5.69 Å². The van der Waals surface area contributed by atoms with Crippen molar-refractivity contribution in [2.75, 3.05) is 0 Å². The average molecular weight is 344 g/mol. The highest BCUT2D eigenvalue weighted by molar-refractivity contribution is 7.97. The van der Waals surface area contributed by atoms with E-state index in [1.165, 1.54) is 21.6 Å². The molecular formula is C19H21NOS2. The van der Waals surface area contributed by atoms with Crippen molar-refractivity contribution in [3.8, 4) is 11.5 Å². The van der Waals surface area contributed by atoms with Gasteiger partial charge in [-0.2, -0.15) is 11.8 Å². The first kappa shape index (κ1) is 16.3. The largest absolute Gasteiger partial charge is 0.441 e. The van der Waals surface area contributed by atoms with E-state index in [2.05, 4.69) is 38.3 Å². The number of hydrogen-bond acceptors (Lipinski definition) is 4. The number of aryl methyl sites for hydroxylation is 3. The fraction of sp³-hybridized carbons (Fsp3) is 0.316. The molecule has 0 saturated heterocycles. The first-order valence-corrected chi connectivity index (χ1v) is 9.72. The minimum absolute atomic E-state index is 0.726. The molecule has 0 atom stereocenters. The molecule has 2 heterocycles. The van der Waals surface area contributed by atoms with Crippen molar-refractivity contribution in [2.24, 2.45) is 0 Å². The summed E-state index contributed by atoms with van der Waals surface area (Å²) < 4.78 is 5.86. The van der Waals surface area contributed by atoms with Crippen LogP contribution in [0.4, 0.5) is 0 Å². The number of hydrogen-bond donors (Lipinski definition) is 0. The molecule has 0 radical (unpaired) electrons. The summed E-state index contributed by atoms with van der Waals surface area (Å²) in [4.78, 5) is 6.11. The molecule has 0 bridgehead atoms. The van der Waals surface area contributed by atoms with E-state index in [-0.39, 0.29) is 0 Å². The lowest BCUT2D eigenvalue weighted by Crippen LogP contribution is -1.87. The molecule has 23 heavy (non-hydrogen) atoms. The molecular weight excluding hydrogens is 322 g/mol. The molecule has 0 fully saturated rings. The Morgan fingerprint density at radius 2 is 1.96 bits per heavy atom.